The van der Waals surface area contributed by atoms with Gasteiger partial charge in [-0.05, 0) is 24.6 Å². The van der Waals surface area contributed by atoms with E-state index in [1.165, 1.54) is 4.68 Å². The number of anilines is 2. The molecule has 4 N–H and O–H groups in total. The molecule has 2 aromatic rings. The molecule has 0 unspecified atom stereocenters. The maximum Gasteiger partial charge on any atom is 0.241 e. The van der Waals surface area contributed by atoms with Crippen LogP contribution in [0.1, 0.15) is 5.56 Å². The highest BCUT2D eigenvalue weighted by molar-refractivity contribution is 5.41. The fourth-order valence-electron chi connectivity index (χ4n) is 1.29. The normalized spacial score (nSPS) is 10.4. The topological polar surface area (TPSA) is 82.8 Å². The number of rotatable bonds is 1. The number of hydrogen-bond acceptors (Lipinski definition) is 4. The molecule has 0 atom stereocenters. The van der Waals surface area contributed by atoms with E-state index in [9.17, 15) is 0 Å². The summed E-state index contributed by atoms with van der Waals surface area (Å²) >= 11 is 0. The number of nitrogens with two attached hydrogens (primary N) is 2. The lowest BCUT2D eigenvalue weighted by atomic mass is 10.2. The van der Waals surface area contributed by atoms with Gasteiger partial charge in [-0.2, -0.15) is 9.67 Å². The summed E-state index contributed by atoms with van der Waals surface area (Å²) in [7, 11) is 0. The largest absolute Gasteiger partial charge is 0.368 e. The highest BCUT2D eigenvalue weighted by Crippen LogP contribution is 2.13. The van der Waals surface area contributed by atoms with Crippen molar-refractivity contribution in [3.63, 3.8) is 0 Å². The molecule has 1 heterocycles. The Kier molecular flexibility index (Phi) is 1.85. The van der Waals surface area contributed by atoms with Crippen LogP contribution in [0.3, 0.4) is 0 Å². The molecular formula is C9H11N5. The second kappa shape index (κ2) is 3.02. The first-order valence-corrected chi connectivity index (χ1v) is 4.22. The Morgan fingerprint density at radius 2 is 2.07 bits per heavy atom. The number of nitrogens with zero attached hydrogens (tertiary/aromatic N) is 3. The minimum Gasteiger partial charge on any atom is -0.368 e. The first kappa shape index (κ1) is 8.55. The van der Waals surface area contributed by atoms with Gasteiger partial charge in [0.05, 0.1) is 5.69 Å². The summed E-state index contributed by atoms with van der Waals surface area (Å²) in [4.78, 5) is 3.82. The van der Waals surface area contributed by atoms with Crippen LogP contribution < -0.4 is 11.5 Å². The third-order valence-corrected chi connectivity index (χ3v) is 1.89. The lowest BCUT2D eigenvalue weighted by Crippen LogP contribution is -2.02. The van der Waals surface area contributed by atoms with Gasteiger partial charge in [0.1, 0.15) is 0 Å². The van der Waals surface area contributed by atoms with E-state index in [0.717, 1.165) is 11.3 Å². The molecular weight excluding hydrogens is 178 g/mol. The minimum atomic E-state index is 0.184. The Hall–Kier alpha value is -2.04. The van der Waals surface area contributed by atoms with Gasteiger partial charge in [-0.25, -0.2) is 0 Å². The monoisotopic (exact) mass is 189 g/mol. The summed E-state index contributed by atoms with van der Waals surface area (Å²) in [5.74, 6) is 0.483. The summed E-state index contributed by atoms with van der Waals surface area (Å²) in [6.07, 6.45) is 0. The molecule has 0 aliphatic rings. The molecule has 72 valence electrons. The Morgan fingerprint density at radius 1 is 1.29 bits per heavy atom. The average Bonchev–Trinajstić information content (AvgIpc) is 2.45. The van der Waals surface area contributed by atoms with E-state index < -0.39 is 0 Å². The smallest absolute Gasteiger partial charge is 0.241 e. The summed E-state index contributed by atoms with van der Waals surface area (Å²) in [6.45, 7) is 2.00. The molecule has 0 fully saturated rings. The zero-order chi connectivity index (χ0) is 10.1. The third kappa shape index (κ3) is 1.39. The van der Waals surface area contributed by atoms with Crippen molar-refractivity contribution in [2.45, 2.75) is 6.92 Å². The van der Waals surface area contributed by atoms with Gasteiger partial charge < -0.3 is 11.5 Å². The van der Waals surface area contributed by atoms with Crippen LogP contribution in [-0.2, 0) is 0 Å². The average molecular weight is 189 g/mol. The molecule has 0 radical (unpaired) electrons. The lowest BCUT2D eigenvalue weighted by molar-refractivity contribution is 0.894. The van der Waals surface area contributed by atoms with Gasteiger partial charge in [-0.1, -0.05) is 12.1 Å². The molecule has 14 heavy (non-hydrogen) atoms. The van der Waals surface area contributed by atoms with Crippen molar-refractivity contribution in [1.29, 1.82) is 0 Å². The first-order valence-electron chi connectivity index (χ1n) is 4.22. The third-order valence-electron chi connectivity index (χ3n) is 1.89. The van der Waals surface area contributed by atoms with E-state index >= 15 is 0 Å². The van der Waals surface area contributed by atoms with Gasteiger partial charge in [0.2, 0.25) is 11.9 Å². The summed E-state index contributed by atoms with van der Waals surface area (Å²) in [6, 6.07) is 7.80. The van der Waals surface area contributed by atoms with Crippen molar-refractivity contribution in [3.05, 3.63) is 29.8 Å². The van der Waals surface area contributed by atoms with E-state index in [2.05, 4.69) is 10.1 Å². The maximum atomic E-state index is 5.63. The minimum absolute atomic E-state index is 0.184. The number of aryl methyl sites for hydroxylation is 1. The fraction of sp³-hybridized carbons (Fsp3) is 0.111. The molecule has 0 spiro atoms. The highest BCUT2D eigenvalue weighted by atomic mass is 15.4. The summed E-state index contributed by atoms with van der Waals surface area (Å²) in [5.41, 5.74) is 13.1. The Balaban J connectivity index is 2.54. The Labute approximate surface area is 81.4 Å². The van der Waals surface area contributed by atoms with E-state index in [0.29, 0.717) is 5.95 Å². The van der Waals surface area contributed by atoms with Crippen LogP contribution in [0.2, 0.25) is 0 Å². The van der Waals surface area contributed by atoms with E-state index in [1.54, 1.807) is 0 Å². The van der Waals surface area contributed by atoms with E-state index in [-0.39, 0.29) is 5.95 Å². The van der Waals surface area contributed by atoms with Gasteiger partial charge in [0, 0.05) is 0 Å². The fourth-order valence-corrected chi connectivity index (χ4v) is 1.29. The van der Waals surface area contributed by atoms with Crippen molar-refractivity contribution < 1.29 is 0 Å². The molecule has 0 saturated heterocycles. The maximum absolute atomic E-state index is 5.63. The highest BCUT2D eigenvalue weighted by Gasteiger charge is 2.05. The lowest BCUT2D eigenvalue weighted by Gasteiger charge is -2.02. The molecule has 2 rings (SSSR count). The van der Waals surface area contributed by atoms with Crippen molar-refractivity contribution >= 4 is 11.9 Å². The summed E-state index contributed by atoms with van der Waals surface area (Å²) < 4.78 is 1.52. The van der Waals surface area contributed by atoms with Crippen LogP contribution in [0.4, 0.5) is 11.9 Å². The van der Waals surface area contributed by atoms with E-state index in [1.807, 2.05) is 31.2 Å². The predicted octanol–water partition coefficient (Wildman–Crippen LogP) is 0.740. The van der Waals surface area contributed by atoms with Gasteiger partial charge >= 0.3 is 0 Å². The molecule has 0 aliphatic carbocycles. The molecule has 5 nitrogen and oxygen atoms in total. The van der Waals surface area contributed by atoms with Gasteiger partial charge in [0.15, 0.2) is 0 Å². The molecule has 1 aromatic heterocycles. The molecule has 0 amide bonds. The molecule has 5 heteroatoms. The molecule has 0 bridgehead atoms. The standard InChI is InChI=1S/C9H11N5/c1-6-3-2-4-7(5-6)14-9(11)12-8(10)13-14/h2-5H,1H3,(H4,10,11,12,13). The van der Waals surface area contributed by atoms with Gasteiger partial charge in [0.25, 0.3) is 0 Å². The predicted molar refractivity (Wildman–Crippen MR) is 54.9 cm³/mol. The molecule has 0 saturated carbocycles. The number of benzene rings is 1. The van der Waals surface area contributed by atoms with E-state index in [4.69, 9.17) is 11.5 Å². The van der Waals surface area contributed by atoms with Crippen LogP contribution in [-0.4, -0.2) is 14.8 Å². The summed E-state index contributed by atoms with van der Waals surface area (Å²) in [5, 5.41) is 3.98. The van der Waals surface area contributed by atoms with Gasteiger partial charge in [-0.3, -0.25) is 0 Å². The first-order chi connectivity index (χ1) is 6.66. The zero-order valence-electron chi connectivity index (χ0n) is 7.81. The van der Waals surface area contributed by atoms with Crippen LogP contribution >= 0.6 is 0 Å². The van der Waals surface area contributed by atoms with Crippen LogP contribution in [0.15, 0.2) is 24.3 Å². The van der Waals surface area contributed by atoms with Crippen LogP contribution in [0.5, 0.6) is 0 Å². The second-order valence-electron chi connectivity index (χ2n) is 3.08. The Bertz CT molecular complexity index is 460. The number of aromatic nitrogens is 3. The quantitative estimate of drug-likeness (QED) is 0.693. The second-order valence-corrected chi connectivity index (χ2v) is 3.08. The van der Waals surface area contributed by atoms with Crippen molar-refractivity contribution in [1.82, 2.24) is 14.8 Å². The van der Waals surface area contributed by atoms with Crippen molar-refractivity contribution in [2.75, 3.05) is 11.5 Å². The van der Waals surface area contributed by atoms with Crippen LogP contribution in [0, 0.1) is 6.92 Å². The Morgan fingerprint density at radius 3 is 2.64 bits per heavy atom. The van der Waals surface area contributed by atoms with Crippen molar-refractivity contribution in [2.24, 2.45) is 0 Å². The molecule has 0 aliphatic heterocycles. The molecule has 1 aromatic carbocycles. The van der Waals surface area contributed by atoms with Crippen LogP contribution in [0.25, 0.3) is 5.69 Å². The zero-order valence-corrected chi connectivity index (χ0v) is 7.81. The number of nitrogen functional groups attached to an aromatic ring is 2. The van der Waals surface area contributed by atoms with Crippen molar-refractivity contribution in [3.8, 4) is 5.69 Å². The number of hydrogen-bond donors (Lipinski definition) is 2. The SMILES string of the molecule is Cc1cccc(-n2nc(N)nc2N)c1. The van der Waals surface area contributed by atoms with Gasteiger partial charge in [-0.15, -0.1) is 5.10 Å².